The first-order chi connectivity index (χ1) is 16.3. The van der Waals surface area contributed by atoms with Crippen LogP contribution in [0.1, 0.15) is 83.8 Å². The lowest BCUT2D eigenvalue weighted by atomic mass is 9.84. The third kappa shape index (κ3) is 6.81. The molecule has 0 saturated carbocycles. The van der Waals surface area contributed by atoms with Crippen molar-refractivity contribution in [1.82, 2.24) is 15.0 Å². The highest BCUT2D eigenvalue weighted by Gasteiger charge is 2.24. The van der Waals surface area contributed by atoms with Crippen molar-refractivity contribution in [3.05, 3.63) is 47.5 Å². The van der Waals surface area contributed by atoms with E-state index in [9.17, 15) is 4.79 Å². The van der Waals surface area contributed by atoms with Gasteiger partial charge in [0.25, 0.3) is 0 Å². The molecular weight excluding hydrogens is 426 g/mol. The van der Waals surface area contributed by atoms with E-state index in [0.29, 0.717) is 19.4 Å². The fraction of sp³-hybridized carbons (Fsp3) is 0.536. The van der Waals surface area contributed by atoms with Crippen LogP contribution in [0, 0.1) is 0 Å². The summed E-state index contributed by atoms with van der Waals surface area (Å²) in [7, 11) is 1.68. The van der Waals surface area contributed by atoms with Crippen LogP contribution in [0.25, 0.3) is 16.7 Å². The van der Waals surface area contributed by atoms with Crippen LogP contribution in [0.15, 0.2) is 36.4 Å². The van der Waals surface area contributed by atoms with Gasteiger partial charge < -0.3 is 9.47 Å². The van der Waals surface area contributed by atoms with Gasteiger partial charge in [-0.3, -0.25) is 4.79 Å². The van der Waals surface area contributed by atoms with Crippen molar-refractivity contribution in [3.63, 3.8) is 0 Å². The molecule has 0 atom stereocenters. The molecule has 0 unspecified atom stereocenters. The van der Waals surface area contributed by atoms with Gasteiger partial charge in [-0.05, 0) is 42.0 Å². The molecule has 0 amide bonds. The Hall–Kier alpha value is -2.89. The van der Waals surface area contributed by atoms with Gasteiger partial charge in [-0.1, -0.05) is 78.0 Å². The molecule has 1 heterocycles. The second-order valence-corrected chi connectivity index (χ2v) is 9.91. The third-order valence-corrected chi connectivity index (χ3v) is 6.02. The van der Waals surface area contributed by atoms with Gasteiger partial charge in [0.2, 0.25) is 0 Å². The molecule has 0 N–H and O–H groups in total. The topological polar surface area (TPSA) is 66.2 Å². The predicted molar refractivity (Wildman–Crippen MR) is 137 cm³/mol. The molecule has 6 nitrogen and oxygen atoms in total. The standard InChI is InChI=1S/C28H39N3O3/c1-6-7-8-9-10-13-18-34-26(32)17-16-21-19-22(28(2,3)4)27(33-5)25(20-21)31-29-23-14-11-12-15-24(23)30-31/h11-12,14-15,19-20H,6-10,13,16-18H2,1-5H3. The van der Waals surface area contributed by atoms with Crippen LogP contribution < -0.4 is 4.74 Å². The van der Waals surface area contributed by atoms with Crippen molar-refractivity contribution >= 4 is 17.0 Å². The van der Waals surface area contributed by atoms with Gasteiger partial charge in [0, 0.05) is 12.0 Å². The number of rotatable bonds is 12. The summed E-state index contributed by atoms with van der Waals surface area (Å²) in [6.07, 6.45) is 8.00. The second kappa shape index (κ2) is 12.0. The van der Waals surface area contributed by atoms with Crippen molar-refractivity contribution in [2.75, 3.05) is 13.7 Å². The van der Waals surface area contributed by atoms with Gasteiger partial charge in [-0.25, -0.2) is 0 Å². The maximum atomic E-state index is 12.4. The van der Waals surface area contributed by atoms with E-state index in [-0.39, 0.29) is 11.4 Å². The smallest absolute Gasteiger partial charge is 0.306 e. The molecule has 184 valence electrons. The average molecular weight is 466 g/mol. The molecule has 3 aromatic rings. The monoisotopic (exact) mass is 465 g/mol. The molecule has 0 fully saturated rings. The molecule has 3 rings (SSSR count). The number of ether oxygens (including phenoxy) is 2. The minimum Gasteiger partial charge on any atom is -0.494 e. The molecule has 34 heavy (non-hydrogen) atoms. The molecule has 1 aromatic heterocycles. The highest BCUT2D eigenvalue weighted by atomic mass is 16.5. The van der Waals surface area contributed by atoms with Crippen molar-refractivity contribution in [2.45, 2.75) is 84.5 Å². The Kier molecular flexibility index (Phi) is 9.08. The second-order valence-electron chi connectivity index (χ2n) is 9.91. The van der Waals surface area contributed by atoms with E-state index in [1.165, 1.54) is 25.7 Å². The fourth-order valence-electron chi connectivity index (χ4n) is 4.09. The van der Waals surface area contributed by atoms with Crippen molar-refractivity contribution in [3.8, 4) is 11.4 Å². The first-order valence-electron chi connectivity index (χ1n) is 12.5. The summed E-state index contributed by atoms with van der Waals surface area (Å²) in [6, 6.07) is 11.9. The average Bonchev–Trinajstić information content (AvgIpc) is 3.25. The van der Waals surface area contributed by atoms with Crippen molar-refractivity contribution in [2.24, 2.45) is 0 Å². The minimum absolute atomic E-state index is 0.147. The lowest BCUT2D eigenvalue weighted by Gasteiger charge is -2.25. The van der Waals surface area contributed by atoms with E-state index in [0.717, 1.165) is 46.4 Å². The van der Waals surface area contributed by atoms with E-state index in [1.54, 1.807) is 11.9 Å². The quantitative estimate of drug-likeness (QED) is 0.224. The SMILES string of the molecule is CCCCCCCCOC(=O)CCc1cc(-n2nc3ccccc3n2)c(OC)c(C(C)(C)C)c1. The molecule has 0 aliphatic heterocycles. The lowest BCUT2D eigenvalue weighted by molar-refractivity contribution is -0.143. The summed E-state index contributed by atoms with van der Waals surface area (Å²) in [5.41, 5.74) is 4.38. The number of methoxy groups -OCH3 is 1. The van der Waals surface area contributed by atoms with Gasteiger partial charge >= 0.3 is 5.97 Å². The highest BCUT2D eigenvalue weighted by molar-refractivity contribution is 5.74. The number of hydrogen-bond donors (Lipinski definition) is 0. The van der Waals surface area contributed by atoms with Gasteiger partial charge in [-0.15, -0.1) is 15.0 Å². The van der Waals surface area contributed by atoms with Crippen LogP contribution in [0.3, 0.4) is 0 Å². The molecule has 0 aliphatic carbocycles. The molecule has 0 aliphatic rings. The normalized spacial score (nSPS) is 11.7. The third-order valence-electron chi connectivity index (χ3n) is 6.02. The van der Waals surface area contributed by atoms with Crippen molar-refractivity contribution < 1.29 is 14.3 Å². The van der Waals surface area contributed by atoms with Gasteiger partial charge in [0.15, 0.2) is 0 Å². The van der Waals surface area contributed by atoms with Crippen LogP contribution in [0.2, 0.25) is 0 Å². The molecular formula is C28H39N3O3. The Bertz CT molecular complexity index is 1050. The largest absolute Gasteiger partial charge is 0.494 e. The first kappa shape index (κ1) is 25.7. The van der Waals surface area contributed by atoms with Crippen LogP contribution in [0.4, 0.5) is 0 Å². The fourth-order valence-corrected chi connectivity index (χ4v) is 4.09. The van der Waals surface area contributed by atoms with E-state index >= 15 is 0 Å². The number of fused-ring (bicyclic) bond motifs is 1. The Balaban J connectivity index is 1.73. The number of nitrogens with zero attached hydrogens (tertiary/aromatic N) is 3. The molecule has 2 aromatic carbocycles. The van der Waals surface area contributed by atoms with E-state index in [4.69, 9.17) is 9.47 Å². The maximum absolute atomic E-state index is 12.4. The number of aromatic nitrogens is 3. The Morgan fingerprint density at radius 3 is 2.24 bits per heavy atom. The van der Waals surface area contributed by atoms with Gasteiger partial charge in [0.1, 0.15) is 22.5 Å². The number of aryl methyl sites for hydroxylation is 1. The van der Waals surface area contributed by atoms with Crippen LogP contribution in [0.5, 0.6) is 5.75 Å². The zero-order valence-electron chi connectivity index (χ0n) is 21.4. The summed E-state index contributed by atoms with van der Waals surface area (Å²) in [4.78, 5) is 14.0. The Morgan fingerprint density at radius 2 is 1.62 bits per heavy atom. The molecule has 0 spiro atoms. The number of carbonyl (C=O) groups excluding carboxylic acids is 1. The van der Waals surface area contributed by atoms with Crippen molar-refractivity contribution in [1.29, 1.82) is 0 Å². The van der Waals surface area contributed by atoms with E-state index in [2.05, 4.69) is 44.0 Å². The van der Waals surface area contributed by atoms with Crippen LogP contribution in [-0.4, -0.2) is 34.7 Å². The number of esters is 1. The number of benzene rings is 2. The molecule has 6 heteroatoms. The zero-order valence-corrected chi connectivity index (χ0v) is 21.4. The zero-order chi connectivity index (χ0) is 24.6. The predicted octanol–water partition coefficient (Wildman–Crippen LogP) is 6.56. The maximum Gasteiger partial charge on any atom is 0.306 e. The highest BCUT2D eigenvalue weighted by Crippen LogP contribution is 2.37. The minimum atomic E-state index is -0.152. The van der Waals surface area contributed by atoms with E-state index < -0.39 is 0 Å². The summed E-state index contributed by atoms with van der Waals surface area (Å²) in [5, 5.41) is 9.32. The Morgan fingerprint density at radius 1 is 0.971 bits per heavy atom. The summed E-state index contributed by atoms with van der Waals surface area (Å²) < 4.78 is 11.3. The molecule has 0 radical (unpaired) electrons. The van der Waals surface area contributed by atoms with Crippen LogP contribution >= 0.6 is 0 Å². The summed E-state index contributed by atoms with van der Waals surface area (Å²) >= 11 is 0. The summed E-state index contributed by atoms with van der Waals surface area (Å²) in [5.74, 6) is 0.605. The molecule has 0 saturated heterocycles. The van der Waals surface area contributed by atoms with Gasteiger partial charge in [0.05, 0.1) is 13.7 Å². The Labute approximate surface area is 203 Å². The van der Waals surface area contributed by atoms with Crippen LogP contribution in [-0.2, 0) is 21.4 Å². The van der Waals surface area contributed by atoms with Gasteiger partial charge in [-0.2, -0.15) is 0 Å². The number of unbranched alkanes of at least 4 members (excludes halogenated alkanes) is 5. The number of carbonyl (C=O) groups is 1. The van der Waals surface area contributed by atoms with E-state index in [1.807, 2.05) is 30.3 Å². The first-order valence-corrected chi connectivity index (χ1v) is 12.5. The summed E-state index contributed by atoms with van der Waals surface area (Å²) in [6.45, 7) is 9.18. The molecule has 0 bridgehead atoms. The lowest BCUT2D eigenvalue weighted by Crippen LogP contribution is -2.16. The number of hydrogen-bond acceptors (Lipinski definition) is 5.